The van der Waals surface area contributed by atoms with Crippen LogP contribution in [0.5, 0.6) is 0 Å². The average Bonchev–Trinajstić information content (AvgIpc) is 3.27. The second-order valence-corrected chi connectivity index (χ2v) is 6.38. The largest absolute Gasteiger partial charge is 0.451 e. The van der Waals surface area contributed by atoms with Crippen LogP contribution in [0.15, 0.2) is 40.9 Å². The lowest BCUT2D eigenvalue weighted by Crippen LogP contribution is -2.07. The van der Waals surface area contributed by atoms with E-state index < -0.39 is 5.97 Å². The zero-order valence-electron chi connectivity index (χ0n) is 14.5. The predicted octanol–water partition coefficient (Wildman–Crippen LogP) is 3.41. The molecule has 0 amide bonds. The molecule has 0 aliphatic carbocycles. The predicted molar refractivity (Wildman–Crippen MR) is 96.3 cm³/mol. The van der Waals surface area contributed by atoms with Crippen LogP contribution in [0.3, 0.4) is 0 Å². The van der Waals surface area contributed by atoms with Gasteiger partial charge in [0.05, 0.1) is 0 Å². The van der Waals surface area contributed by atoms with Gasteiger partial charge in [0.25, 0.3) is 11.6 Å². The Morgan fingerprint density at radius 1 is 1.19 bits per heavy atom. The molecule has 0 saturated carbocycles. The number of hydrogen-bond donors (Lipinski definition) is 0. The summed E-state index contributed by atoms with van der Waals surface area (Å²) in [7, 11) is 0. The van der Waals surface area contributed by atoms with Crippen molar-refractivity contribution in [1.29, 1.82) is 0 Å². The maximum absolute atomic E-state index is 12.2. The standard InChI is InChI=1S/C18H14ClN5O3/c1-10-7-11(2)24-18(20-10)21-16(22-24)17(25)26-9-14-8-15(23-27-14)12-3-5-13(19)6-4-12/h3-8H,9H2,1-2H3. The van der Waals surface area contributed by atoms with Crippen molar-refractivity contribution >= 4 is 23.3 Å². The normalized spacial score (nSPS) is 11.1. The van der Waals surface area contributed by atoms with Crippen LogP contribution in [0.1, 0.15) is 27.8 Å². The van der Waals surface area contributed by atoms with Gasteiger partial charge in [-0.1, -0.05) is 28.9 Å². The van der Waals surface area contributed by atoms with Gasteiger partial charge in [-0.3, -0.25) is 0 Å². The van der Waals surface area contributed by atoms with Crippen LogP contribution in [0.2, 0.25) is 5.02 Å². The number of halogens is 1. The molecule has 0 aliphatic rings. The fourth-order valence-electron chi connectivity index (χ4n) is 2.59. The molecule has 0 bridgehead atoms. The molecule has 0 unspecified atom stereocenters. The molecule has 0 saturated heterocycles. The summed E-state index contributed by atoms with van der Waals surface area (Å²) in [5.41, 5.74) is 3.09. The third-order valence-electron chi connectivity index (χ3n) is 3.85. The Morgan fingerprint density at radius 2 is 1.96 bits per heavy atom. The van der Waals surface area contributed by atoms with Crippen molar-refractivity contribution < 1.29 is 14.1 Å². The lowest BCUT2D eigenvalue weighted by atomic mass is 10.1. The summed E-state index contributed by atoms with van der Waals surface area (Å²) in [6.07, 6.45) is 0. The number of fused-ring (bicyclic) bond motifs is 1. The Bertz CT molecular complexity index is 1130. The van der Waals surface area contributed by atoms with Crippen LogP contribution < -0.4 is 0 Å². The smallest absolute Gasteiger partial charge is 0.378 e. The van der Waals surface area contributed by atoms with Gasteiger partial charge in [-0.15, -0.1) is 5.10 Å². The lowest BCUT2D eigenvalue weighted by molar-refractivity contribution is 0.0423. The van der Waals surface area contributed by atoms with Crippen molar-refractivity contribution in [2.45, 2.75) is 20.5 Å². The Hall–Kier alpha value is -3.26. The van der Waals surface area contributed by atoms with E-state index in [-0.39, 0.29) is 12.4 Å². The first-order valence-corrected chi connectivity index (χ1v) is 8.47. The van der Waals surface area contributed by atoms with Crippen LogP contribution in [-0.4, -0.2) is 30.7 Å². The highest BCUT2D eigenvalue weighted by molar-refractivity contribution is 6.30. The van der Waals surface area contributed by atoms with E-state index in [1.54, 1.807) is 18.2 Å². The molecule has 0 radical (unpaired) electrons. The second-order valence-electron chi connectivity index (χ2n) is 5.95. The average molecular weight is 384 g/mol. The van der Waals surface area contributed by atoms with Crippen LogP contribution in [-0.2, 0) is 11.3 Å². The molecule has 3 heterocycles. The van der Waals surface area contributed by atoms with Gasteiger partial charge in [-0.05, 0) is 32.0 Å². The second kappa shape index (κ2) is 6.81. The fourth-order valence-corrected chi connectivity index (χ4v) is 2.72. The molecular formula is C18H14ClN5O3. The van der Waals surface area contributed by atoms with E-state index in [0.717, 1.165) is 17.0 Å². The lowest BCUT2D eigenvalue weighted by Gasteiger charge is -1.98. The van der Waals surface area contributed by atoms with Gasteiger partial charge in [0.2, 0.25) is 0 Å². The van der Waals surface area contributed by atoms with Gasteiger partial charge in [-0.25, -0.2) is 14.3 Å². The van der Waals surface area contributed by atoms with Gasteiger partial charge in [0.15, 0.2) is 12.4 Å². The van der Waals surface area contributed by atoms with Crippen LogP contribution in [0.25, 0.3) is 17.0 Å². The topological polar surface area (TPSA) is 95.4 Å². The van der Waals surface area contributed by atoms with E-state index in [4.69, 9.17) is 20.9 Å². The quantitative estimate of drug-likeness (QED) is 0.498. The summed E-state index contributed by atoms with van der Waals surface area (Å²) in [6, 6.07) is 10.7. The first-order valence-electron chi connectivity index (χ1n) is 8.09. The zero-order chi connectivity index (χ0) is 19.0. The molecule has 4 rings (SSSR count). The van der Waals surface area contributed by atoms with Gasteiger partial charge >= 0.3 is 5.97 Å². The number of esters is 1. The number of nitrogens with zero attached hydrogens (tertiary/aromatic N) is 5. The van der Waals surface area contributed by atoms with Gasteiger partial charge in [-0.2, -0.15) is 4.98 Å². The van der Waals surface area contributed by atoms with Crippen molar-refractivity contribution in [3.8, 4) is 11.3 Å². The molecule has 8 nitrogen and oxygen atoms in total. The Balaban J connectivity index is 1.47. The third kappa shape index (κ3) is 3.52. The summed E-state index contributed by atoms with van der Waals surface area (Å²) < 4.78 is 11.9. The minimum Gasteiger partial charge on any atom is -0.451 e. The fraction of sp³-hybridized carbons (Fsp3) is 0.167. The molecular weight excluding hydrogens is 370 g/mol. The molecule has 0 N–H and O–H groups in total. The monoisotopic (exact) mass is 383 g/mol. The van der Waals surface area contributed by atoms with Crippen LogP contribution in [0.4, 0.5) is 0 Å². The highest BCUT2D eigenvalue weighted by atomic mass is 35.5. The summed E-state index contributed by atoms with van der Waals surface area (Å²) in [5, 5.41) is 8.74. The highest BCUT2D eigenvalue weighted by Gasteiger charge is 2.17. The minimum atomic E-state index is -0.665. The Kier molecular flexibility index (Phi) is 4.33. The maximum Gasteiger partial charge on any atom is 0.378 e. The number of benzene rings is 1. The molecule has 3 aromatic heterocycles. The molecule has 136 valence electrons. The summed E-state index contributed by atoms with van der Waals surface area (Å²) in [4.78, 5) is 20.6. The van der Waals surface area contributed by atoms with E-state index in [0.29, 0.717) is 22.3 Å². The molecule has 0 atom stereocenters. The first-order chi connectivity index (χ1) is 13.0. The molecule has 0 aliphatic heterocycles. The number of aryl methyl sites for hydroxylation is 2. The van der Waals surface area contributed by atoms with E-state index in [1.807, 2.05) is 32.0 Å². The van der Waals surface area contributed by atoms with E-state index in [9.17, 15) is 4.79 Å². The maximum atomic E-state index is 12.2. The number of carbonyl (C=O) groups excluding carboxylic acids is 1. The third-order valence-corrected chi connectivity index (χ3v) is 4.10. The van der Waals surface area contributed by atoms with Crippen LogP contribution >= 0.6 is 11.6 Å². The molecule has 27 heavy (non-hydrogen) atoms. The Labute approximate surface area is 158 Å². The number of aromatic nitrogens is 5. The van der Waals surface area contributed by atoms with E-state index >= 15 is 0 Å². The van der Waals surface area contributed by atoms with E-state index in [1.165, 1.54) is 4.52 Å². The SMILES string of the molecule is Cc1cc(C)n2nc(C(=O)OCc3cc(-c4ccc(Cl)cc4)no3)nc2n1. The number of rotatable bonds is 4. The first kappa shape index (κ1) is 17.2. The van der Waals surface area contributed by atoms with Gasteiger partial charge in [0.1, 0.15) is 5.69 Å². The van der Waals surface area contributed by atoms with Crippen molar-refractivity contribution in [2.75, 3.05) is 0 Å². The van der Waals surface area contributed by atoms with Crippen LogP contribution in [0, 0.1) is 13.8 Å². The van der Waals surface area contributed by atoms with Gasteiger partial charge < -0.3 is 9.26 Å². The number of hydrogen-bond acceptors (Lipinski definition) is 7. The van der Waals surface area contributed by atoms with Crippen molar-refractivity contribution in [2.24, 2.45) is 0 Å². The number of ether oxygens (including phenoxy) is 1. The Morgan fingerprint density at radius 3 is 2.74 bits per heavy atom. The summed E-state index contributed by atoms with van der Waals surface area (Å²) in [6.45, 7) is 3.63. The summed E-state index contributed by atoms with van der Waals surface area (Å²) >= 11 is 5.88. The molecule has 9 heteroatoms. The molecule has 0 fully saturated rings. The number of carbonyl (C=O) groups is 1. The molecule has 0 spiro atoms. The molecule has 1 aromatic carbocycles. The zero-order valence-corrected chi connectivity index (χ0v) is 15.3. The highest BCUT2D eigenvalue weighted by Crippen LogP contribution is 2.21. The minimum absolute atomic E-state index is 0.0614. The molecule has 4 aromatic rings. The van der Waals surface area contributed by atoms with Crippen molar-refractivity contribution in [3.63, 3.8) is 0 Å². The van der Waals surface area contributed by atoms with E-state index in [2.05, 4.69) is 20.2 Å². The van der Waals surface area contributed by atoms with Crippen molar-refractivity contribution in [1.82, 2.24) is 24.7 Å². The summed E-state index contributed by atoms with van der Waals surface area (Å²) in [5.74, 6) is 0.0296. The van der Waals surface area contributed by atoms with Gasteiger partial charge in [0, 0.05) is 28.0 Å². The van der Waals surface area contributed by atoms with Crippen molar-refractivity contribution in [3.05, 3.63) is 64.4 Å².